The number of pyridine rings is 1. The zero-order chi connectivity index (χ0) is 18.6. The third kappa shape index (κ3) is 3.56. The van der Waals surface area contributed by atoms with Crippen molar-refractivity contribution >= 4 is 5.97 Å². The minimum atomic E-state index is -0.697. The van der Waals surface area contributed by atoms with Crippen LogP contribution in [0.3, 0.4) is 0 Å². The predicted octanol–water partition coefficient (Wildman–Crippen LogP) is 2.63. The SMILES string of the molecule is C[C@@H](OC(=O)c1ccc(-n2cncn2)nc1)c1nnc(-c2ccccc2)o1. The monoisotopic (exact) mass is 362 g/mol. The van der Waals surface area contributed by atoms with E-state index in [2.05, 4.69) is 25.3 Å². The Labute approximate surface area is 153 Å². The molecular weight excluding hydrogens is 348 g/mol. The maximum Gasteiger partial charge on any atom is 0.340 e. The number of carbonyl (C=O) groups excluding carboxylic acids is 1. The van der Waals surface area contributed by atoms with Gasteiger partial charge in [-0.2, -0.15) is 5.10 Å². The molecule has 3 heterocycles. The van der Waals surface area contributed by atoms with Gasteiger partial charge in [0.15, 0.2) is 11.9 Å². The molecule has 27 heavy (non-hydrogen) atoms. The van der Waals surface area contributed by atoms with Gasteiger partial charge >= 0.3 is 5.97 Å². The van der Waals surface area contributed by atoms with Crippen molar-refractivity contribution in [1.29, 1.82) is 0 Å². The molecule has 0 spiro atoms. The third-order valence-corrected chi connectivity index (χ3v) is 3.73. The molecule has 0 aliphatic rings. The van der Waals surface area contributed by atoms with Crippen molar-refractivity contribution in [3.63, 3.8) is 0 Å². The van der Waals surface area contributed by atoms with Crippen molar-refractivity contribution < 1.29 is 13.9 Å². The van der Waals surface area contributed by atoms with E-state index in [9.17, 15) is 4.79 Å². The minimum absolute atomic E-state index is 0.217. The van der Waals surface area contributed by atoms with Crippen molar-refractivity contribution in [3.8, 4) is 17.3 Å². The van der Waals surface area contributed by atoms with E-state index in [0.717, 1.165) is 5.56 Å². The molecule has 0 amide bonds. The number of ether oxygens (including phenoxy) is 1. The fourth-order valence-corrected chi connectivity index (χ4v) is 2.34. The van der Waals surface area contributed by atoms with Gasteiger partial charge in [-0.3, -0.25) is 0 Å². The molecule has 9 heteroatoms. The summed E-state index contributed by atoms with van der Waals surface area (Å²) in [4.78, 5) is 20.3. The third-order valence-electron chi connectivity index (χ3n) is 3.73. The van der Waals surface area contributed by atoms with Gasteiger partial charge in [0.2, 0.25) is 5.89 Å². The highest BCUT2D eigenvalue weighted by molar-refractivity contribution is 5.89. The van der Waals surface area contributed by atoms with Crippen LogP contribution < -0.4 is 0 Å². The van der Waals surface area contributed by atoms with Crippen molar-refractivity contribution in [3.05, 3.63) is 72.8 Å². The second-order valence-corrected chi connectivity index (χ2v) is 5.60. The molecule has 134 valence electrons. The number of nitrogens with zero attached hydrogens (tertiary/aromatic N) is 6. The van der Waals surface area contributed by atoms with Crippen LogP contribution in [0, 0.1) is 0 Å². The Balaban J connectivity index is 1.44. The van der Waals surface area contributed by atoms with Gasteiger partial charge in [0, 0.05) is 11.8 Å². The van der Waals surface area contributed by atoms with Crippen LogP contribution in [0.2, 0.25) is 0 Å². The summed E-state index contributed by atoms with van der Waals surface area (Å²) in [5, 5.41) is 11.9. The van der Waals surface area contributed by atoms with Crippen molar-refractivity contribution in [2.24, 2.45) is 0 Å². The first kappa shape index (κ1) is 16.6. The maximum absolute atomic E-state index is 12.3. The highest BCUT2D eigenvalue weighted by Gasteiger charge is 2.20. The van der Waals surface area contributed by atoms with Crippen LogP contribution in [0.1, 0.15) is 29.3 Å². The molecule has 0 saturated heterocycles. The van der Waals surface area contributed by atoms with E-state index in [-0.39, 0.29) is 5.89 Å². The molecule has 0 saturated carbocycles. The smallest absolute Gasteiger partial charge is 0.340 e. The second-order valence-electron chi connectivity index (χ2n) is 5.60. The van der Waals surface area contributed by atoms with Gasteiger partial charge in [-0.15, -0.1) is 10.2 Å². The molecule has 0 aliphatic heterocycles. The molecule has 1 atom stereocenters. The summed E-state index contributed by atoms with van der Waals surface area (Å²) in [6, 6.07) is 12.6. The molecule has 9 nitrogen and oxygen atoms in total. The lowest BCUT2D eigenvalue weighted by atomic mass is 10.2. The summed E-state index contributed by atoms with van der Waals surface area (Å²) in [6.07, 6.45) is 3.63. The highest BCUT2D eigenvalue weighted by atomic mass is 16.6. The average molecular weight is 362 g/mol. The normalized spacial score (nSPS) is 11.9. The summed E-state index contributed by atoms with van der Waals surface area (Å²) in [6.45, 7) is 1.66. The topological polar surface area (TPSA) is 109 Å². The summed E-state index contributed by atoms with van der Waals surface area (Å²) in [5.41, 5.74) is 1.09. The predicted molar refractivity (Wildman–Crippen MR) is 92.7 cm³/mol. The van der Waals surface area contributed by atoms with Crippen LogP contribution in [0.15, 0.2) is 65.7 Å². The van der Waals surface area contributed by atoms with Crippen LogP contribution in [-0.2, 0) is 4.74 Å². The molecule has 4 rings (SSSR count). The lowest BCUT2D eigenvalue weighted by Crippen LogP contribution is -2.10. The Morgan fingerprint density at radius 2 is 2.00 bits per heavy atom. The fraction of sp³-hybridized carbons (Fsp3) is 0.111. The van der Waals surface area contributed by atoms with E-state index >= 15 is 0 Å². The number of esters is 1. The lowest BCUT2D eigenvalue weighted by Gasteiger charge is -2.09. The molecule has 0 bridgehead atoms. The van der Waals surface area contributed by atoms with E-state index in [1.54, 1.807) is 19.1 Å². The Morgan fingerprint density at radius 3 is 2.70 bits per heavy atom. The number of rotatable bonds is 5. The van der Waals surface area contributed by atoms with Gasteiger partial charge in [0.25, 0.3) is 5.89 Å². The molecule has 0 unspecified atom stereocenters. The Kier molecular flexibility index (Phi) is 4.40. The summed E-state index contributed by atoms with van der Waals surface area (Å²) in [5.74, 6) is 0.586. The molecule has 1 aromatic carbocycles. The van der Waals surface area contributed by atoms with E-state index < -0.39 is 12.1 Å². The van der Waals surface area contributed by atoms with Gasteiger partial charge in [0.1, 0.15) is 12.7 Å². The molecular formula is C18H14N6O3. The highest BCUT2D eigenvalue weighted by Crippen LogP contribution is 2.22. The molecule has 0 fully saturated rings. The van der Waals surface area contributed by atoms with Gasteiger partial charge in [-0.1, -0.05) is 18.2 Å². The van der Waals surface area contributed by atoms with Crippen LogP contribution in [0.25, 0.3) is 17.3 Å². The van der Waals surface area contributed by atoms with E-state index in [0.29, 0.717) is 17.3 Å². The molecule has 4 aromatic rings. The van der Waals surface area contributed by atoms with Crippen LogP contribution >= 0.6 is 0 Å². The number of aromatic nitrogens is 6. The largest absolute Gasteiger partial charge is 0.449 e. The molecule has 0 radical (unpaired) electrons. The average Bonchev–Trinajstić information content (AvgIpc) is 3.41. The van der Waals surface area contributed by atoms with Gasteiger partial charge in [0.05, 0.1) is 5.56 Å². The number of carbonyl (C=O) groups is 1. The van der Waals surface area contributed by atoms with Crippen LogP contribution in [-0.4, -0.2) is 35.9 Å². The molecule has 0 aliphatic carbocycles. The Bertz CT molecular complexity index is 1030. The number of benzene rings is 1. The first-order valence-electron chi connectivity index (χ1n) is 8.11. The zero-order valence-corrected chi connectivity index (χ0v) is 14.3. The first-order valence-corrected chi connectivity index (χ1v) is 8.11. The summed E-state index contributed by atoms with van der Waals surface area (Å²) in [7, 11) is 0. The molecule has 0 N–H and O–H groups in total. The first-order chi connectivity index (χ1) is 13.2. The van der Waals surface area contributed by atoms with E-state index in [1.165, 1.54) is 23.5 Å². The van der Waals surface area contributed by atoms with Gasteiger partial charge < -0.3 is 9.15 Å². The van der Waals surface area contributed by atoms with Crippen molar-refractivity contribution in [2.75, 3.05) is 0 Å². The zero-order valence-electron chi connectivity index (χ0n) is 14.3. The molecule has 3 aromatic heterocycles. The quantitative estimate of drug-likeness (QED) is 0.498. The van der Waals surface area contributed by atoms with Crippen LogP contribution in [0.5, 0.6) is 0 Å². The Morgan fingerprint density at radius 1 is 1.15 bits per heavy atom. The van der Waals surface area contributed by atoms with E-state index in [1.807, 2.05) is 30.3 Å². The lowest BCUT2D eigenvalue weighted by molar-refractivity contribution is 0.0279. The number of hydrogen-bond acceptors (Lipinski definition) is 8. The number of hydrogen-bond donors (Lipinski definition) is 0. The maximum atomic E-state index is 12.3. The summed E-state index contributed by atoms with van der Waals surface area (Å²) < 4.78 is 12.5. The van der Waals surface area contributed by atoms with Gasteiger partial charge in [-0.05, 0) is 31.2 Å². The standard InChI is InChI=1S/C18H14N6O3/c1-12(16-22-23-17(27-16)13-5-3-2-4-6-13)26-18(25)14-7-8-15(20-9-14)24-11-19-10-21-24/h2-12H,1H3/t12-/m1/s1. The van der Waals surface area contributed by atoms with E-state index in [4.69, 9.17) is 9.15 Å². The second kappa shape index (κ2) is 7.16. The Hall–Kier alpha value is -3.88. The van der Waals surface area contributed by atoms with Gasteiger partial charge in [-0.25, -0.2) is 19.4 Å². The summed E-state index contributed by atoms with van der Waals surface area (Å²) >= 11 is 0. The minimum Gasteiger partial charge on any atom is -0.449 e. The van der Waals surface area contributed by atoms with Crippen molar-refractivity contribution in [1.82, 2.24) is 29.9 Å². The van der Waals surface area contributed by atoms with Crippen LogP contribution in [0.4, 0.5) is 0 Å². The fourth-order valence-electron chi connectivity index (χ4n) is 2.34. The van der Waals surface area contributed by atoms with Crippen molar-refractivity contribution in [2.45, 2.75) is 13.0 Å².